The van der Waals surface area contributed by atoms with Crippen LogP contribution in [0.5, 0.6) is 0 Å². The molecule has 1 saturated carbocycles. The number of nitrogens with zero attached hydrogens (tertiary/aromatic N) is 1. The molecule has 0 spiro atoms. The highest BCUT2D eigenvalue weighted by Crippen LogP contribution is 2.55. The van der Waals surface area contributed by atoms with Gasteiger partial charge in [0.1, 0.15) is 5.60 Å². The van der Waals surface area contributed by atoms with Crippen molar-refractivity contribution in [2.75, 3.05) is 0 Å². The molecule has 3 aromatic carbocycles. The number of aliphatic hydroxyl groups excluding tert-OH is 1. The van der Waals surface area contributed by atoms with E-state index in [1.807, 2.05) is 61.5 Å². The number of Topliss-reactive ketones (excluding diaryl/α,β-unsaturated/α-hetero) is 1. The van der Waals surface area contributed by atoms with Gasteiger partial charge in [0, 0.05) is 29.3 Å². The van der Waals surface area contributed by atoms with E-state index in [9.17, 15) is 15.0 Å². The van der Waals surface area contributed by atoms with Crippen LogP contribution in [0.3, 0.4) is 0 Å². The van der Waals surface area contributed by atoms with E-state index in [0.717, 1.165) is 48.1 Å². The van der Waals surface area contributed by atoms with E-state index in [-0.39, 0.29) is 17.1 Å². The lowest BCUT2D eigenvalue weighted by molar-refractivity contribution is -0.143. The first-order valence-corrected chi connectivity index (χ1v) is 14.5. The second-order valence-corrected chi connectivity index (χ2v) is 11.8. The molecule has 0 bridgehead atoms. The van der Waals surface area contributed by atoms with Crippen LogP contribution in [0.2, 0.25) is 0 Å². The Hall–Kier alpha value is -3.60. The normalized spacial score (nSPS) is 25.9. The van der Waals surface area contributed by atoms with Crippen molar-refractivity contribution in [2.24, 2.45) is 5.92 Å². The lowest BCUT2D eigenvalue weighted by Gasteiger charge is -2.53. The molecule has 4 atom stereocenters. The first-order chi connectivity index (χ1) is 19.4. The maximum atomic E-state index is 13.4. The Bertz CT molecular complexity index is 1500. The third-order valence-electron chi connectivity index (χ3n) is 9.51. The number of carbonyl (C=O) groups excluding carboxylic acids is 1. The van der Waals surface area contributed by atoms with E-state index in [1.54, 1.807) is 6.20 Å². The molecule has 4 nitrogen and oxygen atoms in total. The first-order valence-electron chi connectivity index (χ1n) is 14.5. The van der Waals surface area contributed by atoms with Gasteiger partial charge in [0.05, 0.1) is 6.10 Å². The van der Waals surface area contributed by atoms with Crippen molar-refractivity contribution >= 4 is 5.78 Å². The van der Waals surface area contributed by atoms with Crippen LogP contribution in [0.1, 0.15) is 69.6 Å². The second kappa shape index (κ2) is 10.8. The zero-order chi connectivity index (χ0) is 27.7. The molecular formula is C36H37NO3. The summed E-state index contributed by atoms with van der Waals surface area (Å²) < 4.78 is 0. The van der Waals surface area contributed by atoms with Crippen LogP contribution >= 0.6 is 0 Å². The van der Waals surface area contributed by atoms with Crippen molar-refractivity contribution in [3.63, 3.8) is 0 Å². The van der Waals surface area contributed by atoms with E-state index in [2.05, 4.69) is 41.4 Å². The van der Waals surface area contributed by atoms with Gasteiger partial charge in [0.2, 0.25) is 0 Å². The number of fused-ring (bicyclic) bond motifs is 3. The van der Waals surface area contributed by atoms with Crippen LogP contribution in [0.4, 0.5) is 0 Å². The smallest absolute Gasteiger partial charge is 0.167 e. The maximum absolute atomic E-state index is 13.4. The van der Waals surface area contributed by atoms with Gasteiger partial charge >= 0.3 is 0 Å². The Kier molecular flexibility index (Phi) is 7.16. The van der Waals surface area contributed by atoms with Crippen molar-refractivity contribution in [1.29, 1.82) is 0 Å². The quantitative estimate of drug-likeness (QED) is 0.287. The minimum Gasteiger partial charge on any atom is -0.390 e. The summed E-state index contributed by atoms with van der Waals surface area (Å²) >= 11 is 0. The number of benzene rings is 3. The van der Waals surface area contributed by atoms with Crippen molar-refractivity contribution in [1.82, 2.24) is 4.98 Å². The number of aromatic nitrogens is 1. The average Bonchev–Trinajstić information content (AvgIpc) is 3.11. The van der Waals surface area contributed by atoms with Crippen molar-refractivity contribution in [3.05, 3.63) is 136 Å². The fourth-order valence-electron chi connectivity index (χ4n) is 7.38. The van der Waals surface area contributed by atoms with Crippen LogP contribution < -0.4 is 0 Å². The molecule has 2 aliphatic rings. The van der Waals surface area contributed by atoms with E-state index >= 15 is 0 Å². The van der Waals surface area contributed by atoms with Gasteiger partial charge in [-0.25, -0.2) is 0 Å². The summed E-state index contributed by atoms with van der Waals surface area (Å²) in [4.78, 5) is 17.7. The maximum Gasteiger partial charge on any atom is 0.167 e. The predicted octanol–water partition coefficient (Wildman–Crippen LogP) is 6.29. The van der Waals surface area contributed by atoms with Crippen LogP contribution in [0.15, 0.2) is 97.2 Å². The molecule has 40 heavy (non-hydrogen) atoms. The average molecular weight is 532 g/mol. The summed E-state index contributed by atoms with van der Waals surface area (Å²) in [6.45, 7) is 1.94. The van der Waals surface area contributed by atoms with E-state index in [0.29, 0.717) is 19.3 Å². The monoisotopic (exact) mass is 531 g/mol. The van der Waals surface area contributed by atoms with Gasteiger partial charge in [-0.05, 0) is 91.3 Å². The highest BCUT2D eigenvalue weighted by atomic mass is 16.3. The molecule has 0 saturated heterocycles. The molecule has 204 valence electrons. The number of rotatable bonds is 6. The van der Waals surface area contributed by atoms with Gasteiger partial charge in [-0.2, -0.15) is 0 Å². The van der Waals surface area contributed by atoms with Crippen LogP contribution in [-0.4, -0.2) is 27.1 Å². The van der Waals surface area contributed by atoms with Crippen LogP contribution in [0, 0.1) is 12.8 Å². The van der Waals surface area contributed by atoms with Crippen molar-refractivity contribution in [2.45, 2.75) is 69.0 Å². The Morgan fingerprint density at radius 3 is 2.45 bits per heavy atom. The van der Waals surface area contributed by atoms with Gasteiger partial charge in [-0.1, -0.05) is 78.9 Å². The molecule has 1 fully saturated rings. The number of hydrogen-bond donors (Lipinski definition) is 2. The number of hydrogen-bond acceptors (Lipinski definition) is 4. The van der Waals surface area contributed by atoms with Gasteiger partial charge in [0.25, 0.3) is 0 Å². The Labute approximate surface area is 236 Å². The topological polar surface area (TPSA) is 70.4 Å². The summed E-state index contributed by atoms with van der Waals surface area (Å²) in [6, 6.07) is 30.2. The van der Waals surface area contributed by atoms with Crippen LogP contribution in [0.25, 0.3) is 0 Å². The fraction of sp³-hybridized carbons (Fsp3) is 0.333. The lowest BCUT2D eigenvalue weighted by Crippen LogP contribution is -2.55. The third kappa shape index (κ3) is 4.80. The molecule has 2 N–H and O–H groups in total. The molecule has 2 aliphatic carbocycles. The molecule has 0 radical (unpaired) electrons. The highest BCUT2D eigenvalue weighted by molar-refractivity contribution is 5.98. The summed E-state index contributed by atoms with van der Waals surface area (Å²) in [5.41, 5.74) is 5.38. The van der Waals surface area contributed by atoms with Crippen LogP contribution in [-0.2, 0) is 30.3 Å². The summed E-state index contributed by atoms with van der Waals surface area (Å²) in [5, 5.41) is 23.7. The molecule has 0 aliphatic heterocycles. The third-order valence-corrected chi connectivity index (χ3v) is 9.51. The zero-order valence-corrected chi connectivity index (χ0v) is 23.1. The molecule has 6 rings (SSSR count). The van der Waals surface area contributed by atoms with E-state index < -0.39 is 11.7 Å². The Balaban J connectivity index is 1.41. The van der Waals surface area contributed by atoms with Gasteiger partial charge in [-0.3, -0.25) is 9.78 Å². The van der Waals surface area contributed by atoms with E-state index in [4.69, 9.17) is 0 Å². The lowest BCUT2D eigenvalue weighted by atomic mass is 9.54. The van der Waals surface area contributed by atoms with Gasteiger partial charge in [-0.15, -0.1) is 0 Å². The van der Waals surface area contributed by atoms with Crippen molar-refractivity contribution in [3.8, 4) is 0 Å². The molecule has 4 heteroatoms. The van der Waals surface area contributed by atoms with Crippen molar-refractivity contribution < 1.29 is 15.0 Å². The minimum absolute atomic E-state index is 0.0962. The molecule has 0 amide bonds. The summed E-state index contributed by atoms with van der Waals surface area (Å²) in [7, 11) is 0. The van der Waals surface area contributed by atoms with E-state index in [1.165, 1.54) is 16.7 Å². The van der Waals surface area contributed by atoms with Gasteiger partial charge < -0.3 is 10.2 Å². The second-order valence-electron chi connectivity index (χ2n) is 11.8. The number of pyridine rings is 1. The van der Waals surface area contributed by atoms with Gasteiger partial charge in [0.15, 0.2) is 5.78 Å². The minimum atomic E-state index is -1.28. The highest BCUT2D eigenvalue weighted by Gasteiger charge is 2.55. The molecule has 1 aromatic heterocycles. The first kappa shape index (κ1) is 26.6. The Morgan fingerprint density at radius 1 is 0.950 bits per heavy atom. The fourth-order valence-corrected chi connectivity index (χ4v) is 7.38. The largest absolute Gasteiger partial charge is 0.390 e. The Morgan fingerprint density at radius 2 is 1.70 bits per heavy atom. The summed E-state index contributed by atoms with van der Waals surface area (Å²) in [6.07, 6.45) is 5.76. The SMILES string of the molecule is Cc1ncccc1CC(=O)c1ccc2c(c1)CCC[C@H]1C[C@@](O)(c3ccccc3)[C@H](O)C[C@@]21Cc1ccccc1. The molecule has 4 aromatic rings. The molecular weight excluding hydrogens is 494 g/mol. The zero-order valence-electron chi connectivity index (χ0n) is 23.1. The molecule has 0 unspecified atom stereocenters. The standard InChI is InChI=1S/C36H37NO3/c1-25-27(13-9-19-37-25)21-33(38)29-17-18-32-28(20-29)12-8-16-31-23-36(40,30-14-6-3-7-15-30)34(39)24-35(31,32)22-26-10-4-2-5-11-26/h2-7,9-11,13-15,17-20,31,34,39-40H,8,12,16,21-24H2,1H3/t31-,34+,35+,36+/m0/s1. The molecule has 1 heterocycles. The predicted molar refractivity (Wildman–Crippen MR) is 157 cm³/mol. The number of ketones is 1. The number of aryl methyl sites for hydroxylation is 2. The number of aliphatic hydroxyl groups is 2. The summed E-state index contributed by atoms with van der Waals surface area (Å²) in [5.74, 6) is 0.279. The number of carbonyl (C=O) groups is 1.